The van der Waals surface area contributed by atoms with Crippen LogP contribution >= 0.6 is 11.8 Å². The number of rotatable bonds is 3. The lowest BCUT2D eigenvalue weighted by atomic mass is 9.71. The number of amides is 1. The van der Waals surface area contributed by atoms with E-state index in [0.717, 1.165) is 44.3 Å². The second-order valence-electron chi connectivity index (χ2n) is 7.25. The van der Waals surface area contributed by atoms with Crippen molar-refractivity contribution < 1.29 is 9.90 Å². The molecule has 0 aromatic rings. The molecule has 1 unspecified atom stereocenters. The maximum absolute atomic E-state index is 12.2. The highest BCUT2D eigenvalue weighted by Gasteiger charge is 2.40. The highest BCUT2D eigenvalue weighted by molar-refractivity contribution is 8.01. The molecule has 1 saturated carbocycles. The van der Waals surface area contributed by atoms with E-state index < -0.39 is 5.60 Å². The molecule has 2 N–H and O–H groups in total. The van der Waals surface area contributed by atoms with Crippen molar-refractivity contribution in [1.82, 2.24) is 5.32 Å². The third-order valence-electron chi connectivity index (χ3n) is 4.81. The van der Waals surface area contributed by atoms with Crippen LogP contribution < -0.4 is 5.32 Å². The van der Waals surface area contributed by atoms with Crippen LogP contribution in [0.4, 0.5) is 0 Å². The number of hydrogen-bond donors (Lipinski definition) is 2. The lowest BCUT2D eigenvalue weighted by Gasteiger charge is -2.40. The lowest BCUT2D eigenvalue weighted by Crippen LogP contribution is -2.50. The third kappa shape index (κ3) is 3.66. The Bertz CT molecular complexity index is 338. The predicted molar refractivity (Wildman–Crippen MR) is 80.3 cm³/mol. The van der Waals surface area contributed by atoms with Crippen LogP contribution in [-0.4, -0.2) is 33.7 Å². The Morgan fingerprint density at radius 1 is 1.16 bits per heavy atom. The summed E-state index contributed by atoms with van der Waals surface area (Å²) < 4.78 is -0.274. The molecule has 0 aromatic carbocycles. The molecule has 4 heteroatoms. The standard InChI is InChI=1S/C15H27NO2S/c1-13(2)6-8-15(18,9-7-13)11-16-12(17)14(3)5-4-10-19-14/h18H,4-11H2,1-3H3,(H,16,17). The summed E-state index contributed by atoms with van der Waals surface area (Å²) in [5.74, 6) is 1.18. The first kappa shape index (κ1) is 15.2. The molecular weight excluding hydrogens is 258 g/mol. The summed E-state index contributed by atoms with van der Waals surface area (Å²) in [7, 11) is 0. The predicted octanol–water partition coefficient (Wildman–Crippen LogP) is 2.72. The molecule has 2 fully saturated rings. The Hall–Kier alpha value is -0.220. The van der Waals surface area contributed by atoms with E-state index in [1.54, 1.807) is 11.8 Å². The fourth-order valence-electron chi connectivity index (χ4n) is 2.96. The zero-order chi connectivity index (χ0) is 14.1. The summed E-state index contributed by atoms with van der Waals surface area (Å²) in [6.45, 7) is 6.94. The van der Waals surface area contributed by atoms with Gasteiger partial charge in [-0.1, -0.05) is 13.8 Å². The Balaban J connectivity index is 1.83. The molecule has 3 nitrogen and oxygen atoms in total. The molecule has 1 saturated heterocycles. The molecule has 2 rings (SSSR count). The second-order valence-corrected chi connectivity index (χ2v) is 8.85. The maximum atomic E-state index is 12.2. The highest BCUT2D eigenvalue weighted by atomic mass is 32.2. The van der Waals surface area contributed by atoms with Crippen molar-refractivity contribution in [2.75, 3.05) is 12.3 Å². The molecule has 19 heavy (non-hydrogen) atoms. The fourth-order valence-corrected chi connectivity index (χ4v) is 4.19. The van der Waals surface area contributed by atoms with Gasteiger partial charge in [-0.3, -0.25) is 4.79 Å². The van der Waals surface area contributed by atoms with Crippen LogP contribution in [-0.2, 0) is 4.79 Å². The van der Waals surface area contributed by atoms with Gasteiger partial charge in [-0.05, 0) is 56.6 Å². The summed E-state index contributed by atoms with van der Waals surface area (Å²) in [5.41, 5.74) is -0.353. The zero-order valence-corrected chi connectivity index (χ0v) is 13.2. The molecule has 0 radical (unpaired) electrons. The average molecular weight is 285 g/mol. The summed E-state index contributed by atoms with van der Waals surface area (Å²) in [5, 5.41) is 13.6. The lowest BCUT2D eigenvalue weighted by molar-refractivity contribution is -0.125. The number of hydrogen-bond acceptors (Lipinski definition) is 3. The average Bonchev–Trinajstić information content (AvgIpc) is 2.79. The number of carbonyl (C=O) groups is 1. The first-order chi connectivity index (χ1) is 8.75. The molecule has 1 heterocycles. The van der Waals surface area contributed by atoms with Crippen molar-refractivity contribution in [2.24, 2.45) is 5.41 Å². The van der Waals surface area contributed by atoms with Gasteiger partial charge >= 0.3 is 0 Å². The van der Waals surface area contributed by atoms with Gasteiger partial charge < -0.3 is 10.4 Å². The van der Waals surface area contributed by atoms with Gasteiger partial charge in [0.25, 0.3) is 0 Å². The minimum absolute atomic E-state index is 0.105. The van der Waals surface area contributed by atoms with Crippen molar-refractivity contribution in [3.8, 4) is 0 Å². The first-order valence-corrected chi connectivity index (χ1v) is 8.38. The normalized spacial score (nSPS) is 33.1. The van der Waals surface area contributed by atoms with Crippen LogP contribution in [0.25, 0.3) is 0 Å². The fraction of sp³-hybridized carbons (Fsp3) is 0.933. The summed E-state index contributed by atoms with van der Waals surface area (Å²) >= 11 is 1.74. The minimum Gasteiger partial charge on any atom is -0.388 e. The van der Waals surface area contributed by atoms with E-state index in [-0.39, 0.29) is 10.7 Å². The number of thioether (sulfide) groups is 1. The van der Waals surface area contributed by atoms with E-state index in [4.69, 9.17) is 0 Å². The Kier molecular flexibility index (Phi) is 4.22. The van der Waals surface area contributed by atoms with E-state index in [9.17, 15) is 9.90 Å². The van der Waals surface area contributed by atoms with E-state index in [1.165, 1.54) is 0 Å². The van der Waals surface area contributed by atoms with Gasteiger partial charge in [0.2, 0.25) is 5.91 Å². The Morgan fingerprint density at radius 2 is 1.79 bits per heavy atom. The monoisotopic (exact) mass is 285 g/mol. The minimum atomic E-state index is -0.690. The number of aliphatic hydroxyl groups is 1. The van der Waals surface area contributed by atoms with Gasteiger partial charge in [0.1, 0.15) is 0 Å². The van der Waals surface area contributed by atoms with Gasteiger partial charge in [0, 0.05) is 6.54 Å². The van der Waals surface area contributed by atoms with Crippen LogP contribution in [0.5, 0.6) is 0 Å². The van der Waals surface area contributed by atoms with Gasteiger partial charge in [-0.2, -0.15) is 0 Å². The zero-order valence-electron chi connectivity index (χ0n) is 12.4. The Morgan fingerprint density at radius 3 is 2.32 bits per heavy atom. The number of nitrogens with one attached hydrogen (secondary N) is 1. The van der Waals surface area contributed by atoms with E-state index >= 15 is 0 Å². The van der Waals surface area contributed by atoms with E-state index in [2.05, 4.69) is 19.2 Å². The van der Waals surface area contributed by atoms with Crippen LogP contribution in [0.3, 0.4) is 0 Å². The SMILES string of the molecule is CC1(C)CCC(O)(CNC(=O)C2(C)CCCS2)CC1. The van der Waals surface area contributed by atoms with Gasteiger partial charge in [0.05, 0.1) is 10.3 Å². The molecule has 1 atom stereocenters. The molecule has 1 aliphatic heterocycles. The third-order valence-corrected chi connectivity index (χ3v) is 6.33. The van der Waals surface area contributed by atoms with Crippen molar-refractivity contribution in [1.29, 1.82) is 0 Å². The summed E-state index contributed by atoms with van der Waals surface area (Å²) in [6.07, 6.45) is 5.73. The van der Waals surface area contributed by atoms with Crippen molar-refractivity contribution in [3.63, 3.8) is 0 Å². The molecule has 1 aliphatic carbocycles. The van der Waals surface area contributed by atoms with Crippen molar-refractivity contribution in [3.05, 3.63) is 0 Å². The molecule has 110 valence electrons. The Labute approximate surface area is 120 Å². The van der Waals surface area contributed by atoms with Crippen LogP contribution in [0.2, 0.25) is 0 Å². The molecule has 0 spiro atoms. The topological polar surface area (TPSA) is 49.3 Å². The van der Waals surface area contributed by atoms with Gasteiger partial charge in [0.15, 0.2) is 0 Å². The van der Waals surface area contributed by atoms with E-state index in [1.807, 2.05) is 6.92 Å². The van der Waals surface area contributed by atoms with Gasteiger partial charge in [-0.15, -0.1) is 11.8 Å². The number of carbonyl (C=O) groups excluding carboxylic acids is 1. The van der Waals surface area contributed by atoms with Crippen molar-refractivity contribution >= 4 is 17.7 Å². The quantitative estimate of drug-likeness (QED) is 0.838. The highest BCUT2D eigenvalue weighted by Crippen LogP contribution is 2.41. The van der Waals surface area contributed by atoms with Crippen LogP contribution in [0.1, 0.15) is 59.3 Å². The smallest absolute Gasteiger partial charge is 0.236 e. The summed E-state index contributed by atoms with van der Waals surface area (Å²) in [4.78, 5) is 12.2. The molecule has 0 bridgehead atoms. The van der Waals surface area contributed by atoms with Crippen LogP contribution in [0, 0.1) is 5.41 Å². The van der Waals surface area contributed by atoms with Gasteiger partial charge in [-0.25, -0.2) is 0 Å². The molecule has 2 aliphatic rings. The molecular formula is C15H27NO2S. The van der Waals surface area contributed by atoms with Crippen molar-refractivity contribution in [2.45, 2.75) is 69.6 Å². The second kappa shape index (κ2) is 5.28. The van der Waals surface area contributed by atoms with E-state index in [0.29, 0.717) is 12.0 Å². The summed E-state index contributed by atoms with van der Waals surface area (Å²) in [6, 6.07) is 0. The molecule has 1 amide bonds. The molecule has 0 aromatic heterocycles. The maximum Gasteiger partial charge on any atom is 0.236 e. The first-order valence-electron chi connectivity index (χ1n) is 7.40. The van der Waals surface area contributed by atoms with Crippen LogP contribution in [0.15, 0.2) is 0 Å². The largest absolute Gasteiger partial charge is 0.388 e.